The average Bonchev–Trinajstić information content (AvgIpc) is 2.50. The average molecular weight is 300 g/mol. The van der Waals surface area contributed by atoms with Crippen LogP contribution in [-0.4, -0.2) is 18.0 Å². The number of hydrogen-bond acceptors (Lipinski definition) is 3. The van der Waals surface area contributed by atoms with E-state index in [4.69, 9.17) is 5.26 Å². The van der Waals surface area contributed by atoms with Gasteiger partial charge in [-0.1, -0.05) is 19.3 Å². The van der Waals surface area contributed by atoms with Crippen LogP contribution < -0.4 is 16.0 Å². The summed E-state index contributed by atoms with van der Waals surface area (Å²) in [7, 11) is 0. The molecule has 3 N–H and O–H groups in total. The molecule has 1 aromatic rings. The van der Waals surface area contributed by atoms with Crippen LogP contribution in [0.2, 0.25) is 0 Å². The third-order valence-corrected chi connectivity index (χ3v) is 3.61. The van der Waals surface area contributed by atoms with E-state index in [1.165, 1.54) is 19.3 Å². The highest BCUT2D eigenvalue weighted by Crippen LogP contribution is 2.18. The van der Waals surface area contributed by atoms with Gasteiger partial charge in [0.2, 0.25) is 5.91 Å². The van der Waals surface area contributed by atoms with Crippen molar-refractivity contribution in [2.45, 2.75) is 44.6 Å². The molecule has 1 aromatic carbocycles. The first kappa shape index (κ1) is 15.8. The Labute approximate surface area is 129 Å². The van der Waals surface area contributed by atoms with Crippen molar-refractivity contribution in [2.24, 2.45) is 0 Å². The molecule has 22 heavy (non-hydrogen) atoms. The van der Waals surface area contributed by atoms with Gasteiger partial charge in [0.15, 0.2) is 0 Å². The molecular formula is C16H20N4O2. The van der Waals surface area contributed by atoms with Crippen molar-refractivity contribution in [2.75, 3.05) is 10.6 Å². The van der Waals surface area contributed by atoms with Gasteiger partial charge in [-0.15, -0.1) is 0 Å². The Morgan fingerprint density at radius 3 is 2.23 bits per heavy atom. The van der Waals surface area contributed by atoms with Gasteiger partial charge in [-0.3, -0.25) is 4.79 Å². The van der Waals surface area contributed by atoms with Gasteiger partial charge in [0, 0.05) is 17.4 Å². The zero-order chi connectivity index (χ0) is 15.8. The number of urea groups is 1. The van der Waals surface area contributed by atoms with Crippen molar-refractivity contribution < 1.29 is 9.59 Å². The van der Waals surface area contributed by atoms with E-state index in [2.05, 4.69) is 16.0 Å². The Bertz CT molecular complexity index is 557. The standard InChI is InChI=1S/C16H20N4O2/c17-11-10-15(21)18-13-6-8-14(9-7-13)20-16(22)19-12-4-2-1-3-5-12/h6-9,12H,1-5,10H2,(H,18,21)(H2,19,20,22). The van der Waals surface area contributed by atoms with Crippen molar-refractivity contribution >= 4 is 23.3 Å². The summed E-state index contributed by atoms with van der Waals surface area (Å²) in [5.41, 5.74) is 1.25. The van der Waals surface area contributed by atoms with Crippen LogP contribution in [0.25, 0.3) is 0 Å². The predicted octanol–water partition coefficient (Wildman–Crippen LogP) is 2.99. The third kappa shape index (κ3) is 5.09. The summed E-state index contributed by atoms with van der Waals surface area (Å²) in [6.45, 7) is 0. The molecule has 0 unspecified atom stereocenters. The van der Waals surface area contributed by atoms with Crippen LogP contribution in [-0.2, 0) is 4.79 Å². The van der Waals surface area contributed by atoms with E-state index < -0.39 is 0 Å². The number of amides is 3. The molecule has 0 spiro atoms. The molecule has 3 amide bonds. The summed E-state index contributed by atoms with van der Waals surface area (Å²) in [5.74, 6) is -0.349. The number of nitriles is 1. The maximum absolute atomic E-state index is 11.9. The summed E-state index contributed by atoms with van der Waals surface area (Å²) in [4.78, 5) is 23.2. The fourth-order valence-corrected chi connectivity index (χ4v) is 2.51. The molecule has 0 atom stereocenters. The maximum atomic E-state index is 11.9. The van der Waals surface area contributed by atoms with Crippen molar-refractivity contribution in [1.82, 2.24) is 5.32 Å². The number of carbonyl (C=O) groups is 2. The molecule has 6 nitrogen and oxygen atoms in total. The second-order valence-corrected chi connectivity index (χ2v) is 5.39. The molecule has 2 rings (SSSR count). The van der Waals surface area contributed by atoms with Crippen LogP contribution in [0, 0.1) is 11.3 Å². The molecule has 1 aliphatic carbocycles. The zero-order valence-electron chi connectivity index (χ0n) is 12.4. The second kappa shape index (κ2) is 8.03. The number of anilines is 2. The van der Waals surface area contributed by atoms with Crippen molar-refractivity contribution in [1.29, 1.82) is 5.26 Å². The molecule has 0 radical (unpaired) electrons. The van der Waals surface area contributed by atoms with Crippen LogP contribution in [0.5, 0.6) is 0 Å². The maximum Gasteiger partial charge on any atom is 0.319 e. The number of carbonyl (C=O) groups excluding carboxylic acids is 2. The highest BCUT2D eigenvalue weighted by molar-refractivity contribution is 5.93. The largest absolute Gasteiger partial charge is 0.335 e. The Morgan fingerprint density at radius 2 is 1.64 bits per heavy atom. The summed E-state index contributed by atoms with van der Waals surface area (Å²) in [5, 5.41) is 16.8. The van der Waals surface area contributed by atoms with Gasteiger partial charge in [0.05, 0.1) is 6.07 Å². The number of nitrogens with zero attached hydrogens (tertiary/aromatic N) is 1. The third-order valence-electron chi connectivity index (χ3n) is 3.61. The first-order valence-electron chi connectivity index (χ1n) is 7.52. The number of hydrogen-bond donors (Lipinski definition) is 3. The SMILES string of the molecule is N#CCC(=O)Nc1ccc(NC(=O)NC2CCCCC2)cc1. The Hall–Kier alpha value is -2.55. The minimum absolute atomic E-state index is 0.177. The van der Waals surface area contributed by atoms with Gasteiger partial charge in [-0.25, -0.2) is 4.79 Å². The smallest absolute Gasteiger partial charge is 0.319 e. The van der Waals surface area contributed by atoms with Crippen molar-refractivity contribution in [3.8, 4) is 6.07 Å². The number of benzene rings is 1. The molecule has 0 heterocycles. The van der Waals surface area contributed by atoms with Gasteiger partial charge in [0.1, 0.15) is 6.42 Å². The molecule has 0 saturated heterocycles. The predicted molar refractivity (Wildman–Crippen MR) is 84.3 cm³/mol. The molecule has 0 bridgehead atoms. The fourth-order valence-electron chi connectivity index (χ4n) is 2.51. The monoisotopic (exact) mass is 300 g/mol. The second-order valence-electron chi connectivity index (χ2n) is 5.39. The first-order valence-corrected chi connectivity index (χ1v) is 7.52. The van der Waals surface area contributed by atoms with Gasteiger partial charge < -0.3 is 16.0 Å². The first-order chi connectivity index (χ1) is 10.7. The zero-order valence-corrected chi connectivity index (χ0v) is 12.4. The lowest BCUT2D eigenvalue weighted by atomic mass is 9.96. The number of nitrogens with one attached hydrogen (secondary N) is 3. The lowest BCUT2D eigenvalue weighted by Gasteiger charge is -2.22. The highest BCUT2D eigenvalue weighted by Gasteiger charge is 2.15. The van der Waals surface area contributed by atoms with Gasteiger partial charge in [-0.05, 0) is 37.1 Å². The van der Waals surface area contributed by atoms with E-state index in [9.17, 15) is 9.59 Å². The minimum Gasteiger partial charge on any atom is -0.335 e. The minimum atomic E-state index is -0.349. The molecule has 116 valence electrons. The van der Waals surface area contributed by atoms with Crippen LogP contribution in [0.1, 0.15) is 38.5 Å². The van der Waals surface area contributed by atoms with E-state index >= 15 is 0 Å². The normalized spacial score (nSPS) is 14.7. The Morgan fingerprint density at radius 1 is 1.05 bits per heavy atom. The van der Waals surface area contributed by atoms with Crippen molar-refractivity contribution in [3.05, 3.63) is 24.3 Å². The summed E-state index contributed by atoms with van der Waals surface area (Å²) >= 11 is 0. The quantitative estimate of drug-likeness (QED) is 0.797. The van der Waals surface area contributed by atoms with Crippen LogP contribution in [0.15, 0.2) is 24.3 Å². The van der Waals surface area contributed by atoms with E-state index in [0.29, 0.717) is 11.4 Å². The van der Waals surface area contributed by atoms with Gasteiger partial charge >= 0.3 is 6.03 Å². The summed E-state index contributed by atoms with van der Waals surface area (Å²) < 4.78 is 0. The van der Waals surface area contributed by atoms with Crippen LogP contribution >= 0.6 is 0 Å². The summed E-state index contributed by atoms with van der Waals surface area (Å²) in [6, 6.07) is 8.64. The lowest BCUT2D eigenvalue weighted by molar-refractivity contribution is -0.115. The fraction of sp³-hybridized carbons (Fsp3) is 0.438. The highest BCUT2D eigenvalue weighted by atomic mass is 16.2. The molecule has 1 aliphatic rings. The molecule has 0 aliphatic heterocycles. The lowest BCUT2D eigenvalue weighted by Crippen LogP contribution is -2.38. The van der Waals surface area contributed by atoms with E-state index in [0.717, 1.165) is 12.8 Å². The van der Waals surface area contributed by atoms with Gasteiger partial charge in [-0.2, -0.15) is 5.26 Å². The van der Waals surface area contributed by atoms with Gasteiger partial charge in [0.25, 0.3) is 0 Å². The summed E-state index contributed by atoms with van der Waals surface area (Å²) in [6.07, 6.45) is 5.49. The number of rotatable bonds is 4. The molecule has 6 heteroatoms. The van der Waals surface area contributed by atoms with E-state index in [1.54, 1.807) is 30.3 Å². The topological polar surface area (TPSA) is 94.0 Å². The van der Waals surface area contributed by atoms with E-state index in [-0.39, 0.29) is 24.4 Å². The molecular weight excluding hydrogens is 280 g/mol. The Balaban J connectivity index is 1.81. The molecule has 1 fully saturated rings. The molecule has 0 aromatic heterocycles. The van der Waals surface area contributed by atoms with Crippen LogP contribution in [0.3, 0.4) is 0 Å². The van der Waals surface area contributed by atoms with E-state index in [1.807, 2.05) is 0 Å². The Kier molecular flexibility index (Phi) is 5.78. The van der Waals surface area contributed by atoms with Crippen molar-refractivity contribution in [3.63, 3.8) is 0 Å². The molecule has 1 saturated carbocycles. The van der Waals surface area contributed by atoms with Crippen LogP contribution in [0.4, 0.5) is 16.2 Å².